The molecule has 2 aromatic carbocycles. The molecule has 0 saturated carbocycles. The summed E-state index contributed by atoms with van der Waals surface area (Å²) in [6.45, 7) is 2.84. The predicted molar refractivity (Wildman–Crippen MR) is 98.2 cm³/mol. The molecule has 144 valence electrons. The average Bonchev–Trinajstić information content (AvgIpc) is 2.65. The van der Waals surface area contributed by atoms with Crippen LogP contribution in [-0.2, 0) is 10.3 Å². The van der Waals surface area contributed by atoms with E-state index in [1.54, 1.807) is 0 Å². The quantitative estimate of drug-likeness (QED) is 0.743. The van der Waals surface area contributed by atoms with E-state index in [1.807, 2.05) is 0 Å². The van der Waals surface area contributed by atoms with Crippen molar-refractivity contribution in [1.29, 1.82) is 0 Å². The van der Waals surface area contributed by atoms with Crippen molar-refractivity contribution in [3.63, 3.8) is 0 Å². The summed E-state index contributed by atoms with van der Waals surface area (Å²) in [7, 11) is 0. The summed E-state index contributed by atoms with van der Waals surface area (Å²) >= 11 is 0. The van der Waals surface area contributed by atoms with Gasteiger partial charge in [0.2, 0.25) is 0 Å². The minimum atomic E-state index is -1.52. The molecule has 0 aliphatic heterocycles. The smallest absolute Gasteiger partial charge is 0.267 e. The van der Waals surface area contributed by atoms with E-state index in [-0.39, 0.29) is 5.69 Å². The summed E-state index contributed by atoms with van der Waals surface area (Å²) < 4.78 is 41.2. The molecule has 0 fully saturated rings. The Kier molecular flexibility index (Phi) is 5.04. The zero-order valence-electron chi connectivity index (χ0n) is 15.0. The average molecular weight is 387 g/mol. The molecule has 3 aromatic rings. The second-order valence-corrected chi connectivity index (χ2v) is 6.61. The molecule has 0 radical (unpaired) electrons. The molecule has 5 nitrogen and oxygen atoms in total. The molecular weight excluding hydrogens is 371 g/mol. The van der Waals surface area contributed by atoms with Gasteiger partial charge in [-0.3, -0.25) is 9.59 Å². The van der Waals surface area contributed by atoms with Gasteiger partial charge in [-0.15, -0.1) is 0 Å². The number of amides is 1. The molecule has 1 amide bonds. The summed E-state index contributed by atoms with van der Waals surface area (Å²) in [6, 6.07) is 10.8. The van der Waals surface area contributed by atoms with E-state index >= 15 is 0 Å². The third kappa shape index (κ3) is 3.80. The standard InChI is InChI=1S/C20H16F3N3O2/c1-20(2,19(28)24-17-11-14(22)7-8-15(17)23)26-18(27)10-9-16(25-26)12-3-5-13(21)6-4-12/h3-11H,1-2H3,(H,24,28). The fourth-order valence-corrected chi connectivity index (χ4v) is 2.55. The van der Waals surface area contributed by atoms with Crippen molar-refractivity contribution in [2.75, 3.05) is 5.32 Å². The number of anilines is 1. The Labute approximate surface area is 158 Å². The fraction of sp³-hybridized carbons (Fsp3) is 0.150. The fourth-order valence-electron chi connectivity index (χ4n) is 2.55. The van der Waals surface area contributed by atoms with E-state index in [0.29, 0.717) is 11.3 Å². The molecule has 3 rings (SSSR count). The number of nitrogens with one attached hydrogen (secondary N) is 1. The van der Waals surface area contributed by atoms with Crippen LogP contribution in [0.15, 0.2) is 59.4 Å². The Morgan fingerprint density at radius 2 is 1.61 bits per heavy atom. The Morgan fingerprint density at radius 3 is 2.29 bits per heavy atom. The number of nitrogens with zero attached hydrogens (tertiary/aromatic N) is 2. The van der Waals surface area contributed by atoms with Gasteiger partial charge in [-0.25, -0.2) is 17.9 Å². The van der Waals surface area contributed by atoms with Crippen LogP contribution in [-0.4, -0.2) is 15.7 Å². The van der Waals surface area contributed by atoms with Crippen LogP contribution in [0.1, 0.15) is 13.8 Å². The van der Waals surface area contributed by atoms with E-state index in [1.165, 1.54) is 50.2 Å². The van der Waals surface area contributed by atoms with Crippen LogP contribution in [0.2, 0.25) is 0 Å². The highest BCUT2D eigenvalue weighted by molar-refractivity contribution is 5.96. The lowest BCUT2D eigenvalue weighted by Gasteiger charge is -2.25. The molecule has 0 spiro atoms. The zero-order chi connectivity index (χ0) is 20.5. The molecule has 1 aromatic heterocycles. The minimum absolute atomic E-state index is 0.345. The monoisotopic (exact) mass is 387 g/mol. The zero-order valence-corrected chi connectivity index (χ0v) is 15.0. The molecule has 0 atom stereocenters. The van der Waals surface area contributed by atoms with Crippen molar-refractivity contribution in [3.8, 4) is 11.3 Å². The van der Waals surface area contributed by atoms with Gasteiger partial charge in [0.1, 0.15) is 23.0 Å². The molecule has 0 saturated heterocycles. The lowest BCUT2D eigenvalue weighted by molar-refractivity contribution is -0.123. The van der Waals surface area contributed by atoms with Crippen LogP contribution < -0.4 is 10.9 Å². The lowest BCUT2D eigenvalue weighted by atomic mass is 10.0. The highest BCUT2D eigenvalue weighted by Gasteiger charge is 2.33. The largest absolute Gasteiger partial charge is 0.321 e. The van der Waals surface area contributed by atoms with Gasteiger partial charge in [0.15, 0.2) is 0 Å². The van der Waals surface area contributed by atoms with E-state index in [2.05, 4.69) is 10.4 Å². The van der Waals surface area contributed by atoms with E-state index in [0.717, 1.165) is 22.9 Å². The van der Waals surface area contributed by atoms with Gasteiger partial charge in [-0.05, 0) is 56.3 Å². The number of carbonyl (C=O) groups is 1. The Hall–Kier alpha value is -3.42. The van der Waals surface area contributed by atoms with Gasteiger partial charge >= 0.3 is 0 Å². The van der Waals surface area contributed by atoms with E-state index in [9.17, 15) is 22.8 Å². The molecule has 1 N–H and O–H groups in total. The SMILES string of the molecule is CC(C)(C(=O)Nc1cc(F)ccc1F)n1nc(-c2ccc(F)cc2)ccc1=O. The van der Waals surface area contributed by atoms with Crippen molar-refractivity contribution < 1.29 is 18.0 Å². The van der Waals surface area contributed by atoms with Crippen LogP contribution in [0.25, 0.3) is 11.3 Å². The minimum Gasteiger partial charge on any atom is -0.321 e. The maximum Gasteiger partial charge on any atom is 0.267 e. The number of hydrogen-bond acceptors (Lipinski definition) is 3. The normalized spacial score (nSPS) is 11.3. The molecule has 1 heterocycles. The van der Waals surface area contributed by atoms with Crippen LogP contribution in [0.5, 0.6) is 0 Å². The molecule has 0 aliphatic carbocycles. The van der Waals surface area contributed by atoms with Crippen molar-refractivity contribution >= 4 is 11.6 Å². The second kappa shape index (κ2) is 7.30. The predicted octanol–water partition coefficient (Wildman–Crippen LogP) is 3.70. The number of halogens is 3. The molecule has 0 aliphatic rings. The summed E-state index contributed by atoms with van der Waals surface area (Å²) in [6.07, 6.45) is 0. The topological polar surface area (TPSA) is 64.0 Å². The van der Waals surface area contributed by atoms with Crippen LogP contribution in [0.3, 0.4) is 0 Å². The van der Waals surface area contributed by atoms with Crippen molar-refractivity contribution in [2.45, 2.75) is 19.4 Å². The number of benzene rings is 2. The summed E-state index contributed by atoms with van der Waals surface area (Å²) in [5.41, 5.74) is -1.54. The number of hydrogen-bond donors (Lipinski definition) is 1. The Bertz CT molecular complexity index is 1090. The Morgan fingerprint density at radius 1 is 0.964 bits per heavy atom. The summed E-state index contributed by atoms with van der Waals surface area (Å²) in [4.78, 5) is 25.0. The van der Waals surface area contributed by atoms with Gasteiger partial charge in [0.25, 0.3) is 11.5 Å². The van der Waals surface area contributed by atoms with Gasteiger partial charge in [0, 0.05) is 17.7 Å². The first-order valence-corrected chi connectivity index (χ1v) is 8.32. The highest BCUT2D eigenvalue weighted by Crippen LogP contribution is 2.21. The highest BCUT2D eigenvalue weighted by atomic mass is 19.1. The molecule has 0 bridgehead atoms. The van der Waals surface area contributed by atoms with Gasteiger partial charge in [0.05, 0.1) is 11.4 Å². The molecule has 8 heteroatoms. The van der Waals surface area contributed by atoms with Gasteiger partial charge in [-0.2, -0.15) is 5.10 Å². The molecule has 28 heavy (non-hydrogen) atoms. The van der Waals surface area contributed by atoms with Gasteiger partial charge < -0.3 is 5.32 Å². The third-order valence-electron chi connectivity index (χ3n) is 4.20. The van der Waals surface area contributed by atoms with E-state index < -0.39 is 34.5 Å². The molecular formula is C20H16F3N3O2. The number of carbonyl (C=O) groups excluding carboxylic acids is 1. The maximum absolute atomic E-state index is 13.8. The van der Waals surface area contributed by atoms with Crippen LogP contribution in [0, 0.1) is 17.5 Å². The lowest BCUT2D eigenvalue weighted by Crippen LogP contribution is -2.47. The Balaban J connectivity index is 1.97. The van der Waals surface area contributed by atoms with Crippen molar-refractivity contribution in [1.82, 2.24) is 9.78 Å². The first-order chi connectivity index (χ1) is 13.2. The number of rotatable bonds is 4. The first kappa shape index (κ1) is 19.3. The van der Waals surface area contributed by atoms with Crippen LogP contribution in [0.4, 0.5) is 18.9 Å². The van der Waals surface area contributed by atoms with Gasteiger partial charge in [-0.1, -0.05) is 0 Å². The third-order valence-corrected chi connectivity index (χ3v) is 4.20. The molecule has 0 unspecified atom stereocenters. The summed E-state index contributed by atoms with van der Waals surface area (Å²) in [5.74, 6) is -2.72. The van der Waals surface area contributed by atoms with Crippen LogP contribution >= 0.6 is 0 Å². The summed E-state index contributed by atoms with van der Waals surface area (Å²) in [5, 5.41) is 6.48. The number of aromatic nitrogens is 2. The second-order valence-electron chi connectivity index (χ2n) is 6.61. The van der Waals surface area contributed by atoms with Crippen molar-refractivity contribution in [2.24, 2.45) is 0 Å². The maximum atomic E-state index is 13.8. The first-order valence-electron chi connectivity index (χ1n) is 8.32. The van der Waals surface area contributed by atoms with E-state index in [4.69, 9.17) is 0 Å². The van der Waals surface area contributed by atoms with Crippen molar-refractivity contribution in [3.05, 3.63) is 82.4 Å².